The third-order valence-electron chi connectivity index (χ3n) is 3.39. The minimum absolute atomic E-state index is 0.820. The van der Waals surface area contributed by atoms with Crippen molar-refractivity contribution < 1.29 is 0 Å². The van der Waals surface area contributed by atoms with Gasteiger partial charge in [0.05, 0.1) is 0 Å². The van der Waals surface area contributed by atoms with E-state index in [0.717, 1.165) is 10.7 Å². The molecule has 15 heavy (non-hydrogen) atoms. The fraction of sp³-hybridized carbons (Fsp3) is 1.00. The maximum Gasteiger partial charge on any atom is 0.0152 e. The average Bonchev–Trinajstić information content (AvgIpc) is 2.15. The Morgan fingerprint density at radius 1 is 1.13 bits per heavy atom. The van der Waals surface area contributed by atoms with Crippen molar-refractivity contribution in [1.82, 2.24) is 4.90 Å². The summed E-state index contributed by atoms with van der Waals surface area (Å²) in [5.74, 6) is 0.968. The Kier molecular flexibility index (Phi) is 6.91. The zero-order chi connectivity index (χ0) is 11.1. The van der Waals surface area contributed by atoms with Crippen LogP contribution in [0.4, 0.5) is 0 Å². The standard InChI is InChI=1S/C13H26BrN/c1-3-4-5-6-7-8-15(2)11-12-9-13(14)10-12/h12-13H,3-11H2,1-2H3. The molecular weight excluding hydrogens is 250 g/mol. The highest BCUT2D eigenvalue weighted by molar-refractivity contribution is 9.09. The third kappa shape index (κ3) is 5.91. The normalized spacial score (nSPS) is 25.6. The highest BCUT2D eigenvalue weighted by Gasteiger charge is 2.27. The molecule has 1 nitrogen and oxygen atoms in total. The molecule has 0 aromatic rings. The van der Waals surface area contributed by atoms with Gasteiger partial charge in [-0.05, 0) is 38.8 Å². The molecule has 0 radical (unpaired) electrons. The lowest BCUT2D eigenvalue weighted by Crippen LogP contribution is -2.35. The summed E-state index contributed by atoms with van der Waals surface area (Å²) in [6, 6.07) is 0. The van der Waals surface area contributed by atoms with Gasteiger partial charge < -0.3 is 4.90 Å². The fourth-order valence-corrected chi connectivity index (χ4v) is 3.38. The molecule has 0 amide bonds. The molecule has 90 valence electrons. The van der Waals surface area contributed by atoms with E-state index in [9.17, 15) is 0 Å². The Hall–Kier alpha value is 0.440. The second-order valence-electron chi connectivity index (χ2n) is 5.11. The van der Waals surface area contributed by atoms with Gasteiger partial charge in [-0.15, -0.1) is 0 Å². The molecule has 1 rings (SSSR count). The Labute approximate surface area is 104 Å². The molecule has 0 spiro atoms. The first kappa shape index (κ1) is 13.5. The molecule has 0 unspecified atom stereocenters. The number of rotatable bonds is 8. The minimum atomic E-state index is 0.820. The number of nitrogens with zero attached hydrogens (tertiary/aromatic N) is 1. The van der Waals surface area contributed by atoms with E-state index in [4.69, 9.17) is 0 Å². The van der Waals surface area contributed by atoms with Crippen molar-refractivity contribution in [1.29, 1.82) is 0 Å². The summed E-state index contributed by atoms with van der Waals surface area (Å²) in [5, 5.41) is 0. The highest BCUT2D eigenvalue weighted by atomic mass is 79.9. The van der Waals surface area contributed by atoms with Crippen molar-refractivity contribution in [3.8, 4) is 0 Å². The second kappa shape index (κ2) is 7.67. The summed E-state index contributed by atoms with van der Waals surface area (Å²) < 4.78 is 0. The first-order valence-electron chi connectivity index (χ1n) is 6.55. The summed E-state index contributed by atoms with van der Waals surface area (Å²) >= 11 is 3.65. The SMILES string of the molecule is CCCCCCCN(C)CC1CC(Br)C1. The van der Waals surface area contributed by atoms with Crippen LogP contribution in [0.25, 0.3) is 0 Å². The van der Waals surface area contributed by atoms with Crippen molar-refractivity contribution in [2.24, 2.45) is 5.92 Å². The zero-order valence-electron chi connectivity index (χ0n) is 10.3. The van der Waals surface area contributed by atoms with Crippen LogP contribution in [0, 0.1) is 5.92 Å². The monoisotopic (exact) mass is 275 g/mol. The van der Waals surface area contributed by atoms with Crippen LogP contribution in [0.1, 0.15) is 51.9 Å². The molecule has 0 aliphatic heterocycles. The number of hydrogen-bond donors (Lipinski definition) is 0. The van der Waals surface area contributed by atoms with Crippen LogP contribution >= 0.6 is 15.9 Å². The zero-order valence-corrected chi connectivity index (χ0v) is 11.9. The van der Waals surface area contributed by atoms with Gasteiger partial charge in [-0.1, -0.05) is 48.5 Å². The summed E-state index contributed by atoms with van der Waals surface area (Å²) in [6.45, 7) is 4.89. The van der Waals surface area contributed by atoms with E-state index in [1.165, 1.54) is 58.0 Å². The maximum atomic E-state index is 3.65. The van der Waals surface area contributed by atoms with Crippen molar-refractivity contribution in [2.75, 3.05) is 20.1 Å². The first-order valence-corrected chi connectivity index (χ1v) is 7.46. The van der Waals surface area contributed by atoms with Gasteiger partial charge >= 0.3 is 0 Å². The first-order chi connectivity index (χ1) is 7.22. The van der Waals surface area contributed by atoms with Crippen molar-refractivity contribution >= 4 is 15.9 Å². The molecule has 2 heteroatoms. The van der Waals surface area contributed by atoms with Crippen LogP contribution in [0.2, 0.25) is 0 Å². The molecule has 0 aromatic heterocycles. The molecule has 0 N–H and O–H groups in total. The number of halogens is 1. The molecule has 0 heterocycles. The molecule has 0 aromatic carbocycles. The molecule has 1 aliphatic rings. The van der Waals surface area contributed by atoms with Crippen LogP contribution < -0.4 is 0 Å². The Balaban J connectivity index is 1.87. The highest BCUT2D eigenvalue weighted by Crippen LogP contribution is 2.33. The molecule has 1 fully saturated rings. The summed E-state index contributed by atoms with van der Waals surface area (Å²) in [5.41, 5.74) is 0. The lowest BCUT2D eigenvalue weighted by atomic mass is 9.85. The van der Waals surface area contributed by atoms with Gasteiger partial charge in [0.1, 0.15) is 0 Å². The Bertz CT molecular complexity index is 155. The van der Waals surface area contributed by atoms with Gasteiger partial charge in [0, 0.05) is 11.4 Å². The molecule has 0 bridgehead atoms. The quantitative estimate of drug-likeness (QED) is 0.477. The number of unbranched alkanes of at least 4 members (excludes halogenated alkanes) is 4. The third-order valence-corrected chi connectivity index (χ3v) is 4.14. The van der Waals surface area contributed by atoms with E-state index in [2.05, 4.69) is 34.8 Å². The van der Waals surface area contributed by atoms with Gasteiger partial charge in [-0.2, -0.15) is 0 Å². The van der Waals surface area contributed by atoms with Gasteiger partial charge in [0.2, 0.25) is 0 Å². The van der Waals surface area contributed by atoms with Crippen LogP contribution in [0.15, 0.2) is 0 Å². The smallest absolute Gasteiger partial charge is 0.0152 e. The molecule has 1 aliphatic carbocycles. The Morgan fingerprint density at radius 2 is 1.80 bits per heavy atom. The van der Waals surface area contributed by atoms with Gasteiger partial charge in [-0.3, -0.25) is 0 Å². The van der Waals surface area contributed by atoms with Crippen molar-refractivity contribution in [3.63, 3.8) is 0 Å². The van der Waals surface area contributed by atoms with E-state index in [1.54, 1.807) is 0 Å². The minimum Gasteiger partial charge on any atom is -0.306 e. The van der Waals surface area contributed by atoms with E-state index in [1.807, 2.05) is 0 Å². The lowest BCUT2D eigenvalue weighted by Gasteiger charge is -2.34. The predicted octanol–water partition coefficient (Wildman–Crippen LogP) is 4.06. The predicted molar refractivity (Wildman–Crippen MR) is 71.7 cm³/mol. The fourth-order valence-electron chi connectivity index (χ4n) is 2.32. The van der Waals surface area contributed by atoms with Crippen molar-refractivity contribution in [3.05, 3.63) is 0 Å². The molecule has 1 saturated carbocycles. The lowest BCUT2D eigenvalue weighted by molar-refractivity contribution is 0.210. The van der Waals surface area contributed by atoms with Crippen molar-refractivity contribution in [2.45, 2.75) is 56.7 Å². The average molecular weight is 276 g/mol. The maximum absolute atomic E-state index is 3.65. The van der Waals surface area contributed by atoms with Gasteiger partial charge in [0.25, 0.3) is 0 Å². The van der Waals surface area contributed by atoms with E-state index >= 15 is 0 Å². The van der Waals surface area contributed by atoms with E-state index in [-0.39, 0.29) is 0 Å². The topological polar surface area (TPSA) is 3.24 Å². The van der Waals surface area contributed by atoms with E-state index in [0.29, 0.717) is 0 Å². The van der Waals surface area contributed by atoms with Gasteiger partial charge in [-0.25, -0.2) is 0 Å². The van der Waals surface area contributed by atoms with E-state index < -0.39 is 0 Å². The molecular formula is C13H26BrN. The Morgan fingerprint density at radius 3 is 2.40 bits per heavy atom. The van der Waals surface area contributed by atoms with Crippen LogP contribution in [0.5, 0.6) is 0 Å². The van der Waals surface area contributed by atoms with Gasteiger partial charge in [0.15, 0.2) is 0 Å². The summed E-state index contributed by atoms with van der Waals surface area (Å²) in [7, 11) is 2.28. The van der Waals surface area contributed by atoms with Crippen LogP contribution in [-0.2, 0) is 0 Å². The number of alkyl halides is 1. The summed E-state index contributed by atoms with van der Waals surface area (Å²) in [6.07, 6.45) is 9.78. The molecule has 0 saturated heterocycles. The number of hydrogen-bond acceptors (Lipinski definition) is 1. The van der Waals surface area contributed by atoms with Crippen LogP contribution in [0.3, 0.4) is 0 Å². The molecule has 0 atom stereocenters. The van der Waals surface area contributed by atoms with Crippen LogP contribution in [-0.4, -0.2) is 29.9 Å². The second-order valence-corrected chi connectivity index (χ2v) is 6.41. The largest absolute Gasteiger partial charge is 0.306 e. The summed E-state index contributed by atoms with van der Waals surface area (Å²) in [4.78, 5) is 3.34.